The van der Waals surface area contributed by atoms with E-state index in [1.165, 1.54) is 24.3 Å². The van der Waals surface area contributed by atoms with E-state index in [-0.39, 0.29) is 15.8 Å². The number of benzene rings is 1. The van der Waals surface area contributed by atoms with E-state index >= 15 is 0 Å². The molecule has 0 aliphatic heterocycles. The van der Waals surface area contributed by atoms with Crippen LogP contribution in [0.15, 0.2) is 35.1 Å². The number of carbonyl (C=O) groups is 1. The maximum absolute atomic E-state index is 13.5. The van der Waals surface area contributed by atoms with Gasteiger partial charge in [-0.1, -0.05) is 18.2 Å². The smallest absolute Gasteiger partial charge is 0.291 e. The van der Waals surface area contributed by atoms with Crippen LogP contribution in [0, 0.1) is 13.8 Å². The quantitative estimate of drug-likeness (QED) is 0.701. The van der Waals surface area contributed by atoms with Gasteiger partial charge in [0.25, 0.3) is 11.5 Å². The van der Waals surface area contributed by atoms with E-state index in [0.717, 1.165) is 16.2 Å². The van der Waals surface area contributed by atoms with Crippen LogP contribution in [0.5, 0.6) is 0 Å². The zero-order valence-corrected chi connectivity index (χ0v) is 14.0. The van der Waals surface area contributed by atoms with Crippen molar-refractivity contribution in [2.75, 3.05) is 4.90 Å². The Bertz CT molecular complexity index is 1010. The number of H-pyrrole nitrogens is 1. The number of anilines is 1. The number of amides is 1. The molecule has 0 saturated carbocycles. The number of hydrogen-bond donors (Lipinski definition) is 1. The third kappa shape index (κ3) is 3.02. The molecule has 1 amide bonds. The lowest BCUT2D eigenvalue weighted by molar-refractivity contribution is -0.123. The SMILES string of the molecule is Cc1sc2nc(N(C(=O)c3ccccc3)C(F)(F)F)[nH]c(=O)c2c1C. The van der Waals surface area contributed by atoms with Crippen molar-refractivity contribution in [2.45, 2.75) is 20.1 Å². The predicted octanol–water partition coefficient (Wildman–Crippen LogP) is 3.77. The van der Waals surface area contributed by atoms with Crippen LogP contribution < -0.4 is 10.5 Å². The first kappa shape index (κ1) is 17.2. The molecule has 1 N–H and O–H groups in total. The van der Waals surface area contributed by atoms with E-state index in [1.54, 1.807) is 19.9 Å². The van der Waals surface area contributed by atoms with Crippen molar-refractivity contribution in [1.82, 2.24) is 9.97 Å². The summed E-state index contributed by atoms with van der Waals surface area (Å²) in [6.45, 7) is 3.44. The number of halogens is 3. The van der Waals surface area contributed by atoms with Crippen molar-refractivity contribution in [3.8, 4) is 0 Å². The Labute approximate surface area is 143 Å². The monoisotopic (exact) mass is 367 g/mol. The minimum atomic E-state index is -5.04. The molecule has 2 heterocycles. The zero-order chi connectivity index (χ0) is 18.4. The highest BCUT2D eigenvalue weighted by atomic mass is 32.1. The molecule has 0 spiro atoms. The molecule has 0 unspecified atom stereocenters. The summed E-state index contributed by atoms with van der Waals surface area (Å²) >= 11 is 1.11. The van der Waals surface area contributed by atoms with Crippen LogP contribution in [0.4, 0.5) is 19.1 Å². The highest BCUT2D eigenvalue weighted by molar-refractivity contribution is 7.18. The van der Waals surface area contributed by atoms with Gasteiger partial charge in [0, 0.05) is 10.4 Å². The summed E-state index contributed by atoms with van der Waals surface area (Å²) in [5, 5.41) is 0.237. The number of rotatable bonds is 2. The fourth-order valence-electron chi connectivity index (χ4n) is 2.39. The maximum Gasteiger partial charge on any atom is 0.494 e. The summed E-state index contributed by atoms with van der Waals surface area (Å²) in [6.07, 6.45) is -5.04. The molecule has 9 heteroatoms. The van der Waals surface area contributed by atoms with Crippen LogP contribution in [0.1, 0.15) is 20.8 Å². The van der Waals surface area contributed by atoms with Gasteiger partial charge in [0.05, 0.1) is 5.39 Å². The molecule has 3 aromatic rings. The average molecular weight is 367 g/mol. The minimum Gasteiger partial charge on any atom is -0.291 e. The highest BCUT2D eigenvalue weighted by Gasteiger charge is 2.44. The second-order valence-corrected chi connectivity index (χ2v) is 6.53. The molecule has 5 nitrogen and oxygen atoms in total. The van der Waals surface area contributed by atoms with E-state index in [2.05, 4.69) is 9.97 Å². The van der Waals surface area contributed by atoms with Crippen LogP contribution in [0.25, 0.3) is 10.2 Å². The number of thiophene rings is 1. The molecule has 0 saturated heterocycles. The number of alkyl halides is 3. The average Bonchev–Trinajstić information content (AvgIpc) is 2.82. The van der Waals surface area contributed by atoms with E-state index < -0.39 is 28.6 Å². The topological polar surface area (TPSA) is 66.1 Å². The second-order valence-electron chi connectivity index (χ2n) is 5.33. The van der Waals surface area contributed by atoms with E-state index in [4.69, 9.17) is 0 Å². The molecular formula is C16H12F3N3O2S. The summed E-state index contributed by atoms with van der Waals surface area (Å²) in [5.74, 6) is -2.17. The number of nitrogens with one attached hydrogen (secondary N) is 1. The Morgan fingerprint density at radius 1 is 1.20 bits per heavy atom. The fraction of sp³-hybridized carbons (Fsp3) is 0.188. The molecule has 0 aliphatic rings. The largest absolute Gasteiger partial charge is 0.494 e. The van der Waals surface area contributed by atoms with Gasteiger partial charge in [-0.3, -0.25) is 14.6 Å². The number of carbonyl (C=O) groups excluding carboxylic acids is 1. The van der Waals surface area contributed by atoms with E-state index in [0.29, 0.717) is 5.56 Å². The lowest BCUT2D eigenvalue weighted by Crippen LogP contribution is -2.44. The predicted molar refractivity (Wildman–Crippen MR) is 89.0 cm³/mol. The van der Waals surface area contributed by atoms with Crippen molar-refractivity contribution >= 4 is 33.4 Å². The standard InChI is InChI=1S/C16H12F3N3O2S/c1-8-9(2)25-13-11(8)12(23)20-15(21-13)22(16(17,18)19)14(24)10-6-4-3-5-7-10/h3-7H,1-2H3,(H,20,21,23). The Balaban J connectivity index is 2.20. The van der Waals surface area contributed by atoms with Gasteiger partial charge in [0.1, 0.15) is 4.83 Å². The van der Waals surface area contributed by atoms with Crippen molar-refractivity contribution in [3.05, 3.63) is 56.7 Å². The van der Waals surface area contributed by atoms with Gasteiger partial charge in [-0.05, 0) is 31.5 Å². The second kappa shape index (κ2) is 5.99. The number of aryl methyl sites for hydroxylation is 2. The molecular weight excluding hydrogens is 355 g/mol. The lowest BCUT2D eigenvalue weighted by atomic mass is 10.2. The Morgan fingerprint density at radius 2 is 1.84 bits per heavy atom. The minimum absolute atomic E-state index is 0.156. The van der Waals surface area contributed by atoms with Crippen LogP contribution >= 0.6 is 11.3 Å². The van der Waals surface area contributed by atoms with Gasteiger partial charge >= 0.3 is 6.30 Å². The Kier molecular flexibility index (Phi) is 4.11. The summed E-state index contributed by atoms with van der Waals surface area (Å²) in [6, 6.07) is 7.01. The molecule has 130 valence electrons. The Morgan fingerprint density at radius 3 is 2.44 bits per heavy atom. The summed E-state index contributed by atoms with van der Waals surface area (Å²) in [4.78, 5) is 31.0. The lowest BCUT2D eigenvalue weighted by Gasteiger charge is -2.23. The van der Waals surface area contributed by atoms with Crippen molar-refractivity contribution in [2.24, 2.45) is 0 Å². The number of aromatic amines is 1. The highest BCUT2D eigenvalue weighted by Crippen LogP contribution is 2.31. The molecule has 0 fully saturated rings. The van der Waals surface area contributed by atoms with Gasteiger partial charge in [-0.15, -0.1) is 24.5 Å². The van der Waals surface area contributed by atoms with Crippen LogP contribution in [0.2, 0.25) is 0 Å². The molecule has 2 aromatic heterocycles. The van der Waals surface area contributed by atoms with Crippen LogP contribution in [-0.2, 0) is 0 Å². The number of aromatic nitrogens is 2. The molecule has 0 aliphatic carbocycles. The van der Waals surface area contributed by atoms with Crippen molar-refractivity contribution in [3.63, 3.8) is 0 Å². The maximum atomic E-state index is 13.5. The van der Waals surface area contributed by atoms with Crippen LogP contribution in [0.3, 0.4) is 0 Å². The summed E-state index contributed by atoms with van der Waals surface area (Å²) < 4.78 is 40.5. The molecule has 0 radical (unpaired) electrons. The first-order chi connectivity index (χ1) is 11.7. The summed E-state index contributed by atoms with van der Waals surface area (Å²) in [7, 11) is 0. The fourth-order valence-corrected chi connectivity index (χ4v) is 3.42. The van der Waals surface area contributed by atoms with Crippen LogP contribution in [-0.4, -0.2) is 22.2 Å². The molecule has 1 aromatic carbocycles. The van der Waals surface area contributed by atoms with Gasteiger partial charge < -0.3 is 0 Å². The molecule has 3 rings (SSSR count). The third-order valence-electron chi connectivity index (χ3n) is 3.72. The molecule has 25 heavy (non-hydrogen) atoms. The van der Waals surface area contributed by atoms with E-state index in [9.17, 15) is 22.8 Å². The third-order valence-corrected chi connectivity index (χ3v) is 4.82. The normalized spacial score (nSPS) is 11.7. The van der Waals surface area contributed by atoms with Gasteiger partial charge in [-0.2, -0.15) is 4.90 Å². The van der Waals surface area contributed by atoms with Crippen molar-refractivity contribution in [1.29, 1.82) is 0 Å². The summed E-state index contributed by atoms with van der Waals surface area (Å²) in [5.41, 5.74) is -0.216. The first-order valence-corrected chi connectivity index (χ1v) is 7.98. The number of hydrogen-bond acceptors (Lipinski definition) is 4. The van der Waals surface area contributed by atoms with Gasteiger partial charge in [0.15, 0.2) is 0 Å². The Hall–Kier alpha value is -2.68. The van der Waals surface area contributed by atoms with Gasteiger partial charge in [-0.25, -0.2) is 4.98 Å². The van der Waals surface area contributed by atoms with E-state index in [1.807, 2.05) is 0 Å². The number of fused-ring (bicyclic) bond motifs is 1. The van der Waals surface area contributed by atoms with Gasteiger partial charge in [0.2, 0.25) is 5.95 Å². The molecule has 0 bridgehead atoms. The first-order valence-electron chi connectivity index (χ1n) is 7.16. The van der Waals surface area contributed by atoms with Crippen molar-refractivity contribution < 1.29 is 18.0 Å². The number of nitrogens with zero attached hydrogens (tertiary/aromatic N) is 2. The zero-order valence-electron chi connectivity index (χ0n) is 13.1. The molecule has 0 atom stereocenters.